The van der Waals surface area contributed by atoms with E-state index in [1.165, 1.54) is 12.4 Å². The van der Waals surface area contributed by atoms with Gasteiger partial charge in [0.2, 0.25) is 0 Å². The molecule has 4 rings (SSSR count). The lowest BCUT2D eigenvalue weighted by molar-refractivity contribution is -0.192. The van der Waals surface area contributed by atoms with Gasteiger partial charge in [-0.15, -0.1) is 0 Å². The Morgan fingerprint density at radius 3 is 2.45 bits per heavy atom. The molecule has 0 amide bonds. The number of morpholine rings is 1. The van der Waals surface area contributed by atoms with Crippen LogP contribution in [0.3, 0.4) is 0 Å². The summed E-state index contributed by atoms with van der Waals surface area (Å²) in [6.07, 6.45) is -5.91. The van der Waals surface area contributed by atoms with E-state index in [1.54, 1.807) is 18.0 Å². The van der Waals surface area contributed by atoms with Crippen LogP contribution in [-0.4, -0.2) is 90.1 Å². The fraction of sp³-hybridized carbons (Fsp3) is 0.583. The van der Waals surface area contributed by atoms with Gasteiger partial charge < -0.3 is 19.6 Å². The molecule has 0 aromatic carbocycles. The Hall–Kier alpha value is -2.91. The number of carboxylic acids is 1. The SMILES string of the molecule is CN(Cc1cccc(C(F)(F)F)n1)c1ncnc(N2CCC[C@@H](CN3CCOCC3)C2)c1Cl.O=C(O)C(F)(F)F. The number of piperidine rings is 1. The number of carboxylic acid groups (broad SMARTS) is 1. The molecular formula is C24H29ClF6N6O3. The van der Waals surface area contributed by atoms with E-state index >= 15 is 0 Å². The number of nitrogens with zero attached hydrogens (tertiary/aromatic N) is 6. The molecular weight excluding hydrogens is 570 g/mol. The largest absolute Gasteiger partial charge is 0.490 e. The molecule has 16 heteroatoms. The normalized spacial score (nSPS) is 18.6. The van der Waals surface area contributed by atoms with Crippen LogP contribution >= 0.6 is 11.6 Å². The topological polar surface area (TPSA) is 94.9 Å². The summed E-state index contributed by atoms with van der Waals surface area (Å²) in [7, 11) is 1.73. The average molecular weight is 599 g/mol. The van der Waals surface area contributed by atoms with E-state index in [0.717, 1.165) is 64.8 Å². The van der Waals surface area contributed by atoms with Crippen molar-refractivity contribution in [3.8, 4) is 0 Å². The molecule has 2 aliphatic heterocycles. The molecule has 222 valence electrons. The van der Waals surface area contributed by atoms with Crippen molar-refractivity contribution in [3.05, 3.63) is 40.9 Å². The Labute approximate surface area is 231 Å². The van der Waals surface area contributed by atoms with E-state index in [2.05, 4.69) is 24.8 Å². The van der Waals surface area contributed by atoms with Crippen molar-refractivity contribution in [1.29, 1.82) is 0 Å². The van der Waals surface area contributed by atoms with E-state index < -0.39 is 24.0 Å². The summed E-state index contributed by atoms with van der Waals surface area (Å²) in [4.78, 5) is 27.7. The molecule has 0 radical (unpaired) electrons. The standard InChI is InChI=1S/C22H28ClF3N6O.C2HF3O2/c1-30(14-17-5-2-6-18(29-17)22(24,25)26)20-19(23)21(28-15-27-20)32-7-3-4-16(13-32)12-31-8-10-33-11-9-31;3-2(4,5)1(6)7/h2,5-6,15-16H,3-4,7-14H2,1H3;(H,6,7)/t16-;/m0./s1. The van der Waals surface area contributed by atoms with Gasteiger partial charge in [-0.3, -0.25) is 4.90 Å². The van der Waals surface area contributed by atoms with Crippen molar-refractivity contribution in [2.24, 2.45) is 5.92 Å². The maximum absolute atomic E-state index is 13.0. The molecule has 2 saturated heterocycles. The number of halogens is 7. The highest BCUT2D eigenvalue weighted by Crippen LogP contribution is 2.34. The number of aliphatic carboxylic acids is 1. The van der Waals surface area contributed by atoms with Crippen molar-refractivity contribution in [2.45, 2.75) is 31.7 Å². The summed E-state index contributed by atoms with van der Waals surface area (Å²) >= 11 is 6.71. The molecule has 0 unspecified atom stereocenters. The number of aromatic nitrogens is 3. The fourth-order valence-corrected chi connectivity index (χ4v) is 4.80. The lowest BCUT2D eigenvalue weighted by Gasteiger charge is -2.37. The third kappa shape index (κ3) is 9.06. The van der Waals surface area contributed by atoms with Crippen LogP contribution in [0.5, 0.6) is 0 Å². The summed E-state index contributed by atoms with van der Waals surface area (Å²) in [6.45, 7) is 6.36. The van der Waals surface area contributed by atoms with Crippen LogP contribution in [0.4, 0.5) is 38.0 Å². The van der Waals surface area contributed by atoms with Gasteiger partial charge in [-0.05, 0) is 30.9 Å². The van der Waals surface area contributed by atoms with E-state index in [0.29, 0.717) is 22.6 Å². The summed E-state index contributed by atoms with van der Waals surface area (Å²) in [5.74, 6) is -1.11. The first-order chi connectivity index (χ1) is 18.8. The second-order valence-corrected chi connectivity index (χ2v) is 9.75. The van der Waals surface area contributed by atoms with Crippen LogP contribution in [0.2, 0.25) is 5.02 Å². The van der Waals surface area contributed by atoms with E-state index in [9.17, 15) is 26.3 Å². The predicted octanol–water partition coefficient (Wildman–Crippen LogP) is 4.36. The Balaban J connectivity index is 0.000000559. The third-order valence-corrected chi connectivity index (χ3v) is 6.63. The van der Waals surface area contributed by atoms with Gasteiger partial charge in [0, 0.05) is 39.8 Å². The van der Waals surface area contributed by atoms with Gasteiger partial charge in [-0.1, -0.05) is 17.7 Å². The zero-order chi connectivity index (χ0) is 29.5. The van der Waals surface area contributed by atoms with E-state index in [-0.39, 0.29) is 12.2 Å². The fourth-order valence-electron chi connectivity index (χ4n) is 4.44. The molecule has 40 heavy (non-hydrogen) atoms. The zero-order valence-electron chi connectivity index (χ0n) is 21.6. The number of hydrogen-bond acceptors (Lipinski definition) is 8. The third-order valence-electron chi connectivity index (χ3n) is 6.29. The first-order valence-electron chi connectivity index (χ1n) is 12.4. The van der Waals surface area contributed by atoms with Gasteiger partial charge in [0.15, 0.2) is 11.6 Å². The summed E-state index contributed by atoms with van der Waals surface area (Å²) in [5, 5.41) is 7.53. The number of ether oxygens (including phenoxy) is 1. The second kappa shape index (κ2) is 13.6. The molecule has 2 aromatic rings. The van der Waals surface area contributed by atoms with Crippen molar-refractivity contribution in [1.82, 2.24) is 19.9 Å². The number of carbonyl (C=O) groups is 1. The molecule has 0 aliphatic carbocycles. The molecule has 0 spiro atoms. The Morgan fingerprint density at radius 1 is 1.15 bits per heavy atom. The Bertz CT molecular complexity index is 1130. The van der Waals surface area contributed by atoms with Gasteiger partial charge in [0.1, 0.15) is 17.0 Å². The van der Waals surface area contributed by atoms with Gasteiger partial charge in [-0.25, -0.2) is 19.7 Å². The van der Waals surface area contributed by atoms with Gasteiger partial charge in [-0.2, -0.15) is 26.3 Å². The summed E-state index contributed by atoms with van der Waals surface area (Å²) in [6, 6.07) is 3.87. The molecule has 2 aromatic heterocycles. The van der Waals surface area contributed by atoms with Crippen molar-refractivity contribution < 1.29 is 41.0 Å². The minimum absolute atomic E-state index is 0.139. The van der Waals surface area contributed by atoms with E-state index in [1.807, 2.05) is 0 Å². The average Bonchev–Trinajstić information content (AvgIpc) is 2.89. The molecule has 2 aliphatic rings. The lowest BCUT2D eigenvalue weighted by Crippen LogP contribution is -2.44. The first-order valence-corrected chi connectivity index (χ1v) is 12.7. The molecule has 4 heterocycles. The quantitative estimate of drug-likeness (QED) is 0.487. The molecule has 0 bridgehead atoms. The molecule has 2 fully saturated rings. The highest BCUT2D eigenvalue weighted by atomic mass is 35.5. The Morgan fingerprint density at radius 2 is 1.82 bits per heavy atom. The van der Waals surface area contributed by atoms with Crippen LogP contribution < -0.4 is 9.80 Å². The number of rotatable bonds is 6. The van der Waals surface area contributed by atoms with Crippen LogP contribution in [0.25, 0.3) is 0 Å². The maximum atomic E-state index is 13.0. The monoisotopic (exact) mass is 598 g/mol. The van der Waals surface area contributed by atoms with Gasteiger partial charge >= 0.3 is 18.3 Å². The highest BCUT2D eigenvalue weighted by molar-refractivity contribution is 6.35. The predicted molar refractivity (Wildman–Crippen MR) is 134 cm³/mol. The summed E-state index contributed by atoms with van der Waals surface area (Å²) in [5.41, 5.74) is -0.630. The van der Waals surface area contributed by atoms with Gasteiger partial charge in [0.25, 0.3) is 0 Å². The van der Waals surface area contributed by atoms with Crippen LogP contribution in [-0.2, 0) is 22.3 Å². The highest BCUT2D eigenvalue weighted by Gasteiger charge is 2.38. The smallest absolute Gasteiger partial charge is 0.475 e. The van der Waals surface area contributed by atoms with Crippen molar-refractivity contribution in [3.63, 3.8) is 0 Å². The minimum Gasteiger partial charge on any atom is -0.475 e. The molecule has 9 nitrogen and oxygen atoms in total. The van der Waals surface area contributed by atoms with Crippen molar-refractivity contribution >= 4 is 29.2 Å². The number of anilines is 2. The van der Waals surface area contributed by atoms with Crippen LogP contribution in [0.15, 0.2) is 24.5 Å². The zero-order valence-corrected chi connectivity index (χ0v) is 22.3. The van der Waals surface area contributed by atoms with Crippen LogP contribution in [0.1, 0.15) is 24.2 Å². The molecule has 1 N–H and O–H groups in total. The second-order valence-electron chi connectivity index (χ2n) is 9.37. The van der Waals surface area contributed by atoms with Gasteiger partial charge in [0.05, 0.1) is 25.5 Å². The van der Waals surface area contributed by atoms with Crippen molar-refractivity contribution in [2.75, 3.05) is 62.8 Å². The minimum atomic E-state index is -5.08. The number of alkyl halides is 6. The van der Waals surface area contributed by atoms with Crippen LogP contribution in [0, 0.1) is 5.92 Å². The lowest BCUT2D eigenvalue weighted by atomic mass is 9.97. The maximum Gasteiger partial charge on any atom is 0.490 e. The molecule has 0 saturated carbocycles. The van der Waals surface area contributed by atoms with E-state index in [4.69, 9.17) is 26.2 Å². The number of pyridine rings is 1. The Kier molecular flexibility index (Phi) is 10.8. The molecule has 1 atom stereocenters. The number of hydrogen-bond donors (Lipinski definition) is 1. The summed E-state index contributed by atoms with van der Waals surface area (Å²) < 4.78 is 76.2. The first kappa shape index (κ1) is 31.6.